The van der Waals surface area contributed by atoms with Crippen LogP contribution in [0.4, 0.5) is 11.4 Å². The van der Waals surface area contributed by atoms with E-state index in [1.165, 1.54) is 12.1 Å². The van der Waals surface area contributed by atoms with Crippen LogP contribution < -0.4 is 5.32 Å². The lowest BCUT2D eigenvalue weighted by molar-refractivity contribution is -0.384. The molecule has 1 heterocycles. The van der Waals surface area contributed by atoms with E-state index >= 15 is 0 Å². The van der Waals surface area contributed by atoms with E-state index in [1.54, 1.807) is 6.07 Å². The zero-order valence-electron chi connectivity index (χ0n) is 11.3. The molecule has 0 saturated carbocycles. The van der Waals surface area contributed by atoms with Gasteiger partial charge in [0.2, 0.25) is 0 Å². The van der Waals surface area contributed by atoms with Gasteiger partial charge in [0.15, 0.2) is 0 Å². The molecule has 0 aromatic heterocycles. The highest BCUT2D eigenvalue weighted by molar-refractivity contribution is 5.56. The second kappa shape index (κ2) is 6.17. The number of likely N-dealkylation sites (tertiary alicyclic amines) is 1. The molecule has 0 spiro atoms. The fraction of sp³-hybridized carbons (Fsp3) is 0.538. The smallest absolute Gasteiger partial charge is 0.269 e. The van der Waals surface area contributed by atoms with Crippen molar-refractivity contribution in [1.29, 1.82) is 0 Å². The number of non-ortho nitro benzene ring substituents is 1. The summed E-state index contributed by atoms with van der Waals surface area (Å²) in [5, 5.41) is 33.1. The molecule has 7 nitrogen and oxygen atoms in total. The number of hydrogen-bond donors (Lipinski definition) is 3. The lowest BCUT2D eigenvalue weighted by atomic mass is 10.1. The molecule has 1 saturated heterocycles. The second-order valence-electron chi connectivity index (χ2n) is 4.96. The highest BCUT2D eigenvalue weighted by Crippen LogP contribution is 2.25. The number of rotatable bonds is 5. The first kappa shape index (κ1) is 14.7. The topological polar surface area (TPSA) is 98.9 Å². The Balaban J connectivity index is 2.19. The predicted molar refractivity (Wildman–Crippen MR) is 74.6 cm³/mol. The zero-order valence-corrected chi connectivity index (χ0v) is 11.3. The van der Waals surface area contributed by atoms with E-state index in [1.807, 2.05) is 11.8 Å². The standard InChI is InChI=1S/C13H19N3O4/c1-2-14-11-4-3-10(16(19)20)5-9(11)6-15-7-12(17)13(18)8-15/h3-5,12-14,17-18H,2,6-8H2,1H3. The Morgan fingerprint density at radius 3 is 2.60 bits per heavy atom. The van der Waals surface area contributed by atoms with Gasteiger partial charge in [-0.1, -0.05) is 0 Å². The van der Waals surface area contributed by atoms with Gasteiger partial charge in [0.25, 0.3) is 5.69 Å². The van der Waals surface area contributed by atoms with Crippen molar-refractivity contribution in [1.82, 2.24) is 4.90 Å². The van der Waals surface area contributed by atoms with E-state index in [0.29, 0.717) is 19.6 Å². The molecule has 2 atom stereocenters. The lowest BCUT2D eigenvalue weighted by Crippen LogP contribution is -2.22. The number of aliphatic hydroxyl groups is 2. The van der Waals surface area contributed by atoms with Gasteiger partial charge in [-0.15, -0.1) is 0 Å². The molecule has 1 aromatic carbocycles. The van der Waals surface area contributed by atoms with Gasteiger partial charge in [0.05, 0.1) is 17.1 Å². The molecule has 2 unspecified atom stereocenters. The maximum Gasteiger partial charge on any atom is 0.269 e. The second-order valence-corrected chi connectivity index (χ2v) is 4.96. The largest absolute Gasteiger partial charge is 0.389 e. The minimum atomic E-state index is -0.753. The van der Waals surface area contributed by atoms with Gasteiger partial charge in [-0.05, 0) is 18.6 Å². The van der Waals surface area contributed by atoms with Crippen LogP contribution in [0.5, 0.6) is 0 Å². The van der Waals surface area contributed by atoms with Gasteiger partial charge in [-0.2, -0.15) is 0 Å². The van der Waals surface area contributed by atoms with E-state index in [-0.39, 0.29) is 5.69 Å². The van der Waals surface area contributed by atoms with Gasteiger partial charge in [-0.3, -0.25) is 15.0 Å². The number of nitrogens with zero attached hydrogens (tertiary/aromatic N) is 2. The minimum Gasteiger partial charge on any atom is -0.389 e. The molecule has 1 aliphatic rings. The quantitative estimate of drug-likeness (QED) is 0.539. The zero-order chi connectivity index (χ0) is 14.7. The van der Waals surface area contributed by atoms with Crippen LogP contribution in [0.15, 0.2) is 18.2 Å². The first-order valence-corrected chi connectivity index (χ1v) is 6.61. The lowest BCUT2D eigenvalue weighted by Gasteiger charge is -2.17. The molecule has 110 valence electrons. The molecule has 1 aliphatic heterocycles. The number of benzene rings is 1. The number of β-amino-alcohol motifs (C(OH)–C–C–N with tert-alkyl or cyclic N) is 2. The Morgan fingerprint density at radius 1 is 1.40 bits per heavy atom. The summed E-state index contributed by atoms with van der Waals surface area (Å²) in [6.45, 7) is 3.87. The van der Waals surface area contributed by atoms with E-state index in [9.17, 15) is 20.3 Å². The van der Waals surface area contributed by atoms with Crippen molar-refractivity contribution >= 4 is 11.4 Å². The number of nitro benzene ring substituents is 1. The third-order valence-electron chi connectivity index (χ3n) is 3.40. The highest BCUT2D eigenvalue weighted by Gasteiger charge is 2.29. The van der Waals surface area contributed by atoms with Gasteiger partial charge in [-0.25, -0.2) is 0 Å². The van der Waals surface area contributed by atoms with Crippen LogP contribution >= 0.6 is 0 Å². The van der Waals surface area contributed by atoms with Crippen molar-refractivity contribution in [3.63, 3.8) is 0 Å². The Kier molecular flexibility index (Phi) is 4.53. The first-order valence-electron chi connectivity index (χ1n) is 6.61. The van der Waals surface area contributed by atoms with Crippen molar-refractivity contribution in [2.75, 3.05) is 25.0 Å². The van der Waals surface area contributed by atoms with E-state index < -0.39 is 17.1 Å². The summed E-state index contributed by atoms with van der Waals surface area (Å²) in [7, 11) is 0. The Morgan fingerprint density at radius 2 is 2.05 bits per heavy atom. The molecule has 1 aromatic rings. The third-order valence-corrected chi connectivity index (χ3v) is 3.40. The number of nitro groups is 1. The molecule has 3 N–H and O–H groups in total. The van der Waals surface area contributed by atoms with Crippen LogP contribution in [0, 0.1) is 10.1 Å². The number of nitrogens with one attached hydrogen (secondary N) is 1. The molecular weight excluding hydrogens is 262 g/mol. The molecule has 1 fully saturated rings. The van der Waals surface area contributed by atoms with Crippen molar-refractivity contribution < 1.29 is 15.1 Å². The molecule has 0 bridgehead atoms. The van der Waals surface area contributed by atoms with E-state index in [0.717, 1.165) is 17.8 Å². The maximum atomic E-state index is 10.9. The molecule has 0 amide bonds. The average Bonchev–Trinajstić information content (AvgIpc) is 2.70. The molecule has 2 rings (SSSR count). The Bertz CT molecular complexity index is 485. The summed E-state index contributed by atoms with van der Waals surface area (Å²) in [4.78, 5) is 12.3. The fourth-order valence-corrected chi connectivity index (χ4v) is 2.40. The summed E-state index contributed by atoms with van der Waals surface area (Å²) in [5.41, 5.74) is 1.68. The normalized spacial score (nSPS) is 22.9. The molecular formula is C13H19N3O4. The SMILES string of the molecule is CCNc1ccc([N+](=O)[O-])cc1CN1CC(O)C(O)C1. The third kappa shape index (κ3) is 3.24. The van der Waals surface area contributed by atoms with Gasteiger partial charge < -0.3 is 15.5 Å². The first-order chi connectivity index (χ1) is 9.51. The van der Waals surface area contributed by atoms with Crippen LogP contribution in [0.25, 0.3) is 0 Å². The highest BCUT2D eigenvalue weighted by atomic mass is 16.6. The number of hydrogen-bond acceptors (Lipinski definition) is 6. The Labute approximate surface area is 117 Å². The van der Waals surface area contributed by atoms with Crippen LogP contribution in [0.3, 0.4) is 0 Å². The van der Waals surface area contributed by atoms with Crippen LogP contribution in [-0.2, 0) is 6.54 Å². The van der Waals surface area contributed by atoms with Crippen molar-refractivity contribution in [3.8, 4) is 0 Å². The average molecular weight is 281 g/mol. The molecule has 20 heavy (non-hydrogen) atoms. The van der Waals surface area contributed by atoms with Gasteiger partial charge in [0, 0.05) is 44.0 Å². The van der Waals surface area contributed by atoms with Crippen LogP contribution in [0.1, 0.15) is 12.5 Å². The fourth-order valence-electron chi connectivity index (χ4n) is 2.40. The number of anilines is 1. The van der Waals surface area contributed by atoms with Crippen molar-refractivity contribution in [2.24, 2.45) is 0 Å². The molecule has 0 aliphatic carbocycles. The number of aliphatic hydroxyl groups excluding tert-OH is 2. The maximum absolute atomic E-state index is 10.9. The summed E-state index contributed by atoms with van der Waals surface area (Å²) in [5.74, 6) is 0. The van der Waals surface area contributed by atoms with E-state index in [4.69, 9.17) is 0 Å². The molecule has 7 heteroatoms. The summed E-state index contributed by atoms with van der Waals surface area (Å²) < 4.78 is 0. The van der Waals surface area contributed by atoms with Crippen molar-refractivity contribution in [3.05, 3.63) is 33.9 Å². The summed E-state index contributed by atoms with van der Waals surface area (Å²) in [6, 6.07) is 4.70. The van der Waals surface area contributed by atoms with Crippen LogP contribution in [0.2, 0.25) is 0 Å². The van der Waals surface area contributed by atoms with Gasteiger partial charge in [0.1, 0.15) is 0 Å². The van der Waals surface area contributed by atoms with E-state index in [2.05, 4.69) is 5.32 Å². The van der Waals surface area contributed by atoms with Crippen molar-refractivity contribution in [2.45, 2.75) is 25.7 Å². The summed E-state index contributed by atoms with van der Waals surface area (Å²) >= 11 is 0. The van der Waals surface area contributed by atoms with Gasteiger partial charge >= 0.3 is 0 Å². The minimum absolute atomic E-state index is 0.0435. The molecule has 0 radical (unpaired) electrons. The predicted octanol–water partition coefficient (Wildman–Crippen LogP) is 0.564. The van der Waals surface area contributed by atoms with Crippen LogP contribution in [-0.4, -0.2) is 51.9 Å². The monoisotopic (exact) mass is 281 g/mol. The Hall–Kier alpha value is -1.70. The summed E-state index contributed by atoms with van der Waals surface area (Å²) in [6.07, 6.45) is -1.51.